The third kappa shape index (κ3) is 4.99. The minimum absolute atomic E-state index is 0.227. The van der Waals surface area contributed by atoms with Crippen LogP contribution in [0.25, 0.3) is 0 Å². The van der Waals surface area contributed by atoms with E-state index in [2.05, 4.69) is 59.7 Å². The van der Waals surface area contributed by atoms with E-state index in [1.807, 2.05) is 13.0 Å². The van der Waals surface area contributed by atoms with Gasteiger partial charge in [0.15, 0.2) is 0 Å². The Morgan fingerprint density at radius 1 is 1.00 bits per heavy atom. The molecular formula is C18H30O. The number of rotatable bonds is 3. The van der Waals surface area contributed by atoms with Gasteiger partial charge in [0.1, 0.15) is 0 Å². The Hall–Kier alpha value is -0.820. The number of benzene rings is 1. The molecule has 1 rings (SSSR count). The maximum atomic E-state index is 9.77. The highest BCUT2D eigenvalue weighted by atomic mass is 16.3. The first-order valence-electron chi connectivity index (χ1n) is 7.28. The molecule has 19 heavy (non-hydrogen) atoms. The first-order chi connectivity index (χ1) is 8.50. The zero-order valence-corrected chi connectivity index (χ0v) is 13.6. The van der Waals surface area contributed by atoms with E-state index >= 15 is 0 Å². The third-order valence-electron chi connectivity index (χ3n) is 3.66. The second-order valence-corrected chi connectivity index (χ2v) is 8.03. The maximum Gasteiger partial charge on any atom is 0.0762 e. The fourth-order valence-electron chi connectivity index (χ4n) is 2.57. The molecule has 108 valence electrons. The molecule has 0 amide bonds. The van der Waals surface area contributed by atoms with Crippen LogP contribution in [0.5, 0.6) is 0 Å². The van der Waals surface area contributed by atoms with Crippen molar-refractivity contribution in [3.8, 4) is 0 Å². The molecule has 2 unspecified atom stereocenters. The molecule has 2 atom stereocenters. The summed E-state index contributed by atoms with van der Waals surface area (Å²) in [7, 11) is 0. The van der Waals surface area contributed by atoms with Crippen molar-refractivity contribution in [1.82, 2.24) is 0 Å². The van der Waals surface area contributed by atoms with E-state index in [1.54, 1.807) is 0 Å². The van der Waals surface area contributed by atoms with Crippen molar-refractivity contribution in [2.24, 2.45) is 10.8 Å². The van der Waals surface area contributed by atoms with Gasteiger partial charge in [-0.1, -0.05) is 65.8 Å². The van der Waals surface area contributed by atoms with Gasteiger partial charge in [-0.25, -0.2) is 0 Å². The van der Waals surface area contributed by atoms with Gasteiger partial charge in [-0.15, -0.1) is 0 Å². The molecule has 1 aromatic rings. The molecule has 0 aliphatic rings. The molecule has 1 N–H and O–H groups in total. The summed E-state index contributed by atoms with van der Waals surface area (Å²) < 4.78 is 0. The number of hydrogen-bond donors (Lipinski definition) is 1. The van der Waals surface area contributed by atoms with Crippen molar-refractivity contribution in [2.75, 3.05) is 0 Å². The van der Waals surface area contributed by atoms with Gasteiger partial charge in [0, 0.05) is 0 Å². The van der Waals surface area contributed by atoms with E-state index in [4.69, 9.17) is 0 Å². The van der Waals surface area contributed by atoms with Crippen molar-refractivity contribution in [1.29, 1.82) is 0 Å². The predicted octanol–water partition coefficient (Wildman–Crippen LogP) is 5.31. The zero-order valence-electron chi connectivity index (χ0n) is 13.6. The molecule has 0 saturated heterocycles. The second kappa shape index (κ2) is 5.66. The summed E-state index contributed by atoms with van der Waals surface area (Å²) in [6.07, 6.45) is 0.759. The predicted molar refractivity (Wildman–Crippen MR) is 83.3 cm³/mol. The summed E-state index contributed by atoms with van der Waals surface area (Å²) in [4.78, 5) is 0. The Balaban J connectivity index is 3.15. The number of hydrogen-bond acceptors (Lipinski definition) is 1. The molecule has 0 aliphatic heterocycles. The summed E-state index contributed by atoms with van der Waals surface area (Å²) in [6.45, 7) is 15.6. The molecule has 0 fully saturated rings. The molecule has 0 saturated carbocycles. The van der Waals surface area contributed by atoms with Crippen LogP contribution in [0.1, 0.15) is 78.0 Å². The largest absolute Gasteiger partial charge is 0.389 e. The minimum Gasteiger partial charge on any atom is -0.389 e. The third-order valence-corrected chi connectivity index (χ3v) is 3.66. The van der Waals surface area contributed by atoms with Crippen molar-refractivity contribution in [3.05, 3.63) is 35.4 Å². The Bertz CT molecular complexity index is 404. The van der Waals surface area contributed by atoms with E-state index in [9.17, 15) is 5.11 Å². The van der Waals surface area contributed by atoms with Gasteiger partial charge < -0.3 is 5.11 Å². The van der Waals surface area contributed by atoms with E-state index in [0.29, 0.717) is 11.3 Å². The molecule has 0 radical (unpaired) electrons. The minimum atomic E-state index is -0.393. The van der Waals surface area contributed by atoms with E-state index < -0.39 is 6.10 Å². The Morgan fingerprint density at radius 3 is 1.95 bits per heavy atom. The first kappa shape index (κ1) is 16.2. The lowest BCUT2D eigenvalue weighted by Gasteiger charge is -2.36. The van der Waals surface area contributed by atoms with E-state index in [1.165, 1.54) is 5.56 Å². The lowest BCUT2D eigenvalue weighted by Crippen LogP contribution is -2.24. The standard InChI is InChI=1S/C18H30O/c1-13(19)14-9-8-10-15(11-14)16(18(5,6)7)12-17(2,3)4/h8-11,13,16,19H,12H2,1-7H3. The molecule has 0 aliphatic carbocycles. The van der Waals surface area contributed by atoms with E-state index in [-0.39, 0.29) is 5.41 Å². The SMILES string of the molecule is CC(O)c1cccc(C(CC(C)(C)C)C(C)(C)C)c1. The fourth-order valence-corrected chi connectivity index (χ4v) is 2.57. The number of aliphatic hydroxyl groups is 1. The van der Waals surface area contributed by atoms with Crippen LogP contribution in [0.4, 0.5) is 0 Å². The second-order valence-electron chi connectivity index (χ2n) is 8.03. The van der Waals surface area contributed by atoms with Crippen molar-refractivity contribution in [3.63, 3.8) is 0 Å². The van der Waals surface area contributed by atoms with E-state index in [0.717, 1.165) is 12.0 Å². The Kier molecular flexibility index (Phi) is 4.84. The van der Waals surface area contributed by atoms with Gasteiger partial charge in [-0.3, -0.25) is 0 Å². The summed E-state index contributed by atoms with van der Waals surface area (Å²) in [5.74, 6) is 0.506. The monoisotopic (exact) mass is 262 g/mol. The Labute approximate surface area is 119 Å². The molecule has 0 spiro atoms. The van der Waals surface area contributed by atoms with Gasteiger partial charge in [-0.05, 0) is 41.2 Å². The average molecular weight is 262 g/mol. The molecule has 0 aromatic heterocycles. The van der Waals surface area contributed by atoms with Gasteiger partial charge >= 0.3 is 0 Å². The highest BCUT2D eigenvalue weighted by Gasteiger charge is 2.30. The van der Waals surface area contributed by atoms with Crippen molar-refractivity contribution in [2.45, 2.75) is 66.9 Å². The summed E-state index contributed by atoms with van der Waals surface area (Å²) in [5.41, 5.74) is 2.89. The smallest absolute Gasteiger partial charge is 0.0762 e. The highest BCUT2D eigenvalue weighted by Crippen LogP contribution is 2.43. The number of aliphatic hydroxyl groups excluding tert-OH is 1. The van der Waals surface area contributed by atoms with Crippen molar-refractivity contribution >= 4 is 0 Å². The lowest BCUT2D eigenvalue weighted by molar-refractivity contribution is 0.198. The van der Waals surface area contributed by atoms with Crippen LogP contribution >= 0.6 is 0 Å². The molecule has 1 aromatic carbocycles. The quantitative estimate of drug-likeness (QED) is 0.783. The molecule has 1 heteroatoms. The average Bonchev–Trinajstić information content (AvgIpc) is 2.23. The highest BCUT2D eigenvalue weighted by molar-refractivity contribution is 5.29. The van der Waals surface area contributed by atoms with Crippen LogP contribution in [0.2, 0.25) is 0 Å². The van der Waals surface area contributed by atoms with Crippen LogP contribution in [0, 0.1) is 10.8 Å². The zero-order chi connectivity index (χ0) is 14.8. The lowest BCUT2D eigenvalue weighted by atomic mass is 9.69. The Morgan fingerprint density at radius 2 is 1.53 bits per heavy atom. The first-order valence-corrected chi connectivity index (χ1v) is 7.28. The fraction of sp³-hybridized carbons (Fsp3) is 0.667. The van der Waals surface area contributed by atoms with Gasteiger partial charge in [0.05, 0.1) is 6.10 Å². The molecular weight excluding hydrogens is 232 g/mol. The maximum absolute atomic E-state index is 9.77. The van der Waals surface area contributed by atoms with Crippen LogP contribution < -0.4 is 0 Å². The van der Waals surface area contributed by atoms with Gasteiger partial charge in [0.2, 0.25) is 0 Å². The van der Waals surface area contributed by atoms with Gasteiger partial charge in [-0.2, -0.15) is 0 Å². The van der Waals surface area contributed by atoms with Crippen molar-refractivity contribution < 1.29 is 5.11 Å². The van der Waals surface area contributed by atoms with Crippen LogP contribution in [-0.2, 0) is 0 Å². The summed E-state index contributed by atoms with van der Waals surface area (Å²) in [6, 6.07) is 8.45. The summed E-state index contributed by atoms with van der Waals surface area (Å²) in [5, 5.41) is 9.77. The molecule has 0 bridgehead atoms. The van der Waals surface area contributed by atoms with Crippen LogP contribution in [0.15, 0.2) is 24.3 Å². The van der Waals surface area contributed by atoms with Gasteiger partial charge in [0.25, 0.3) is 0 Å². The molecule has 0 heterocycles. The topological polar surface area (TPSA) is 20.2 Å². The van der Waals surface area contributed by atoms with Crippen LogP contribution in [-0.4, -0.2) is 5.11 Å². The molecule has 1 nitrogen and oxygen atoms in total. The normalized spacial score (nSPS) is 16.2. The van der Waals surface area contributed by atoms with Crippen LogP contribution in [0.3, 0.4) is 0 Å². The summed E-state index contributed by atoms with van der Waals surface area (Å²) >= 11 is 0.